The van der Waals surface area contributed by atoms with Crippen molar-refractivity contribution in [1.29, 1.82) is 0 Å². The predicted molar refractivity (Wildman–Crippen MR) is 148 cm³/mol. The van der Waals surface area contributed by atoms with E-state index in [4.69, 9.17) is 14.0 Å². The van der Waals surface area contributed by atoms with Crippen molar-refractivity contribution in [2.24, 2.45) is 0 Å². The van der Waals surface area contributed by atoms with Crippen LogP contribution in [-0.2, 0) is 37.0 Å². The lowest BCUT2D eigenvalue weighted by Crippen LogP contribution is -2.58. The van der Waals surface area contributed by atoms with Gasteiger partial charge in [0, 0.05) is 24.1 Å². The molecule has 0 bridgehead atoms. The summed E-state index contributed by atoms with van der Waals surface area (Å²) in [4.78, 5) is 12.3. The monoisotopic (exact) mass is 617 g/mol. The number of H-pyrrole nitrogens is 1. The lowest BCUT2D eigenvalue weighted by Gasteiger charge is -2.38. The number of nitrogens with zero attached hydrogens (tertiary/aromatic N) is 1. The van der Waals surface area contributed by atoms with E-state index >= 15 is 0 Å². The van der Waals surface area contributed by atoms with E-state index in [0.29, 0.717) is 24.8 Å². The van der Waals surface area contributed by atoms with Gasteiger partial charge in [0.1, 0.15) is 18.3 Å². The number of aromatic amines is 1. The number of aromatic nitrogens is 2. The van der Waals surface area contributed by atoms with Gasteiger partial charge in [-0.15, -0.1) is 5.10 Å². The van der Waals surface area contributed by atoms with Crippen molar-refractivity contribution in [2.45, 2.75) is 95.6 Å². The average Bonchev–Trinajstić information content (AvgIpc) is 3.30. The van der Waals surface area contributed by atoms with Crippen molar-refractivity contribution in [1.82, 2.24) is 15.5 Å². The molecule has 1 aliphatic heterocycles. The van der Waals surface area contributed by atoms with Gasteiger partial charge in [-0.1, -0.05) is 38.1 Å². The van der Waals surface area contributed by atoms with Crippen molar-refractivity contribution in [3.05, 3.63) is 46.6 Å². The minimum absolute atomic E-state index is 0.0445. The number of benzene rings is 1. The molecule has 2 aromatic rings. The summed E-state index contributed by atoms with van der Waals surface area (Å²) in [6.45, 7) is 5.99. The van der Waals surface area contributed by atoms with Crippen LogP contribution >= 0.6 is 0 Å². The number of amides is 1. The molecule has 5 atom stereocenters. The molecule has 1 aromatic heterocycles. The Kier molecular flexibility index (Phi) is 11.4. The average molecular weight is 618 g/mol. The van der Waals surface area contributed by atoms with Crippen LogP contribution in [0.4, 0.5) is 4.39 Å². The van der Waals surface area contributed by atoms with Crippen molar-refractivity contribution >= 4 is 16.3 Å². The van der Waals surface area contributed by atoms with Gasteiger partial charge in [-0.25, -0.2) is 8.57 Å². The molecular formula is C27H40FN3O10S. The normalized spacial score (nSPS) is 23.2. The van der Waals surface area contributed by atoms with E-state index in [-0.39, 0.29) is 24.1 Å². The zero-order valence-corrected chi connectivity index (χ0v) is 24.8. The number of halogens is 1. The van der Waals surface area contributed by atoms with Gasteiger partial charge in [-0.2, -0.15) is 8.42 Å². The summed E-state index contributed by atoms with van der Waals surface area (Å²) in [7, 11) is -4.60. The topological polar surface area (TPSA) is 201 Å². The van der Waals surface area contributed by atoms with E-state index in [1.807, 2.05) is 38.1 Å². The molecule has 1 aromatic carbocycles. The fourth-order valence-corrected chi connectivity index (χ4v) is 4.98. The summed E-state index contributed by atoms with van der Waals surface area (Å²) in [5, 5.41) is 39.6. The van der Waals surface area contributed by atoms with E-state index in [1.165, 1.54) is 0 Å². The summed E-state index contributed by atoms with van der Waals surface area (Å²) < 4.78 is 59.9. The van der Waals surface area contributed by atoms with Gasteiger partial charge in [0.2, 0.25) is 18.1 Å². The third kappa shape index (κ3) is 9.42. The van der Waals surface area contributed by atoms with Crippen LogP contribution in [0.3, 0.4) is 0 Å². The molecule has 42 heavy (non-hydrogen) atoms. The molecule has 236 valence electrons. The highest BCUT2D eigenvalue weighted by molar-refractivity contribution is 7.80. The van der Waals surface area contributed by atoms with Crippen molar-refractivity contribution < 1.29 is 51.1 Å². The van der Waals surface area contributed by atoms with Crippen LogP contribution in [0.25, 0.3) is 0 Å². The van der Waals surface area contributed by atoms with Gasteiger partial charge in [0.05, 0.1) is 18.8 Å². The van der Waals surface area contributed by atoms with E-state index in [0.717, 1.165) is 16.8 Å². The molecular weight excluding hydrogens is 577 g/mol. The maximum Gasteiger partial charge on any atom is 0.397 e. The lowest BCUT2D eigenvalue weighted by molar-refractivity contribution is -0.265. The van der Waals surface area contributed by atoms with Crippen LogP contribution < -0.4 is 10.1 Å². The molecule has 0 spiro atoms. The van der Waals surface area contributed by atoms with Crippen LogP contribution in [0.2, 0.25) is 0 Å². The molecule has 0 aliphatic carbocycles. The minimum Gasteiger partial charge on any atom is -0.443 e. The summed E-state index contributed by atoms with van der Waals surface area (Å²) in [6, 6.07) is 7.73. The highest BCUT2D eigenvalue weighted by Crippen LogP contribution is 2.31. The largest absolute Gasteiger partial charge is 0.443 e. The Morgan fingerprint density at radius 3 is 2.43 bits per heavy atom. The number of nitrogens with one attached hydrogen (secondary N) is 2. The van der Waals surface area contributed by atoms with Gasteiger partial charge in [0.25, 0.3) is 0 Å². The zero-order chi connectivity index (χ0) is 31.2. The fourth-order valence-electron chi connectivity index (χ4n) is 4.53. The standard InChI is InChI=1S/C27H40FN3O10S/c1-15(2)22-18(25(31-30-22)41-26-24(35)23(34)21(28)19(13-32)40-26)12-17-10-8-16(9-11-17)6-5-7-20(33)29-27(3,4)14-39-42(36,37)38/h8-11,15,19,21,23-24,26,32,34-35H,5-7,12-14H2,1-4H3,(H,29,33)(H,30,31)(H,36,37,38). The van der Waals surface area contributed by atoms with Crippen LogP contribution in [0, 0.1) is 0 Å². The van der Waals surface area contributed by atoms with Crippen LogP contribution in [-0.4, -0.2) is 93.9 Å². The number of aryl methyl sites for hydroxylation is 1. The maximum absolute atomic E-state index is 14.1. The number of alkyl halides is 1. The summed E-state index contributed by atoms with van der Waals surface area (Å²) >= 11 is 0. The van der Waals surface area contributed by atoms with Crippen molar-refractivity contribution in [2.75, 3.05) is 13.2 Å². The quantitative estimate of drug-likeness (QED) is 0.167. The van der Waals surface area contributed by atoms with Gasteiger partial charge in [-0.05, 0) is 43.7 Å². The van der Waals surface area contributed by atoms with Crippen molar-refractivity contribution in [3.8, 4) is 5.88 Å². The first-order valence-electron chi connectivity index (χ1n) is 13.6. The first kappa shape index (κ1) is 33.8. The summed E-state index contributed by atoms with van der Waals surface area (Å²) in [6.07, 6.45) is -6.48. The number of rotatable bonds is 14. The summed E-state index contributed by atoms with van der Waals surface area (Å²) in [5.74, 6) is -0.108. The smallest absolute Gasteiger partial charge is 0.397 e. The second-order valence-corrected chi connectivity index (χ2v) is 12.4. The molecule has 0 saturated carbocycles. The van der Waals surface area contributed by atoms with Gasteiger partial charge in [-0.3, -0.25) is 14.4 Å². The molecule has 6 N–H and O–H groups in total. The first-order chi connectivity index (χ1) is 19.6. The van der Waals surface area contributed by atoms with Gasteiger partial charge < -0.3 is 30.1 Å². The Labute approximate surface area is 244 Å². The lowest BCUT2D eigenvalue weighted by atomic mass is 9.98. The fraction of sp³-hybridized carbons (Fsp3) is 0.630. The van der Waals surface area contributed by atoms with E-state index in [1.54, 1.807) is 13.8 Å². The third-order valence-electron chi connectivity index (χ3n) is 6.79. The van der Waals surface area contributed by atoms with E-state index in [9.17, 15) is 32.9 Å². The molecule has 1 aliphatic rings. The molecule has 13 nitrogen and oxygen atoms in total. The molecule has 3 rings (SSSR count). The number of ether oxygens (including phenoxy) is 2. The number of hydrogen-bond acceptors (Lipinski definition) is 10. The Balaban J connectivity index is 1.60. The van der Waals surface area contributed by atoms with Crippen molar-refractivity contribution in [3.63, 3.8) is 0 Å². The number of hydrogen-bond donors (Lipinski definition) is 6. The van der Waals surface area contributed by atoms with Gasteiger partial charge >= 0.3 is 10.4 Å². The highest BCUT2D eigenvalue weighted by Gasteiger charge is 2.46. The van der Waals surface area contributed by atoms with E-state index < -0.39 is 59.9 Å². The minimum atomic E-state index is -4.60. The number of carbonyl (C=O) groups is 1. The van der Waals surface area contributed by atoms with Gasteiger partial charge in [0.15, 0.2) is 6.17 Å². The Morgan fingerprint density at radius 2 is 1.83 bits per heavy atom. The second-order valence-electron chi connectivity index (χ2n) is 11.3. The predicted octanol–water partition coefficient (Wildman–Crippen LogP) is 1.32. The first-order valence-corrected chi connectivity index (χ1v) is 15.0. The molecule has 1 amide bonds. The molecule has 5 unspecified atom stereocenters. The third-order valence-corrected chi connectivity index (χ3v) is 7.20. The van der Waals surface area contributed by atoms with E-state index in [2.05, 4.69) is 19.7 Å². The molecule has 0 radical (unpaired) electrons. The summed E-state index contributed by atoms with van der Waals surface area (Å²) in [5.41, 5.74) is 2.42. The van der Waals surface area contributed by atoms with Crippen LogP contribution in [0.1, 0.15) is 68.8 Å². The zero-order valence-electron chi connectivity index (χ0n) is 24.0. The molecule has 2 heterocycles. The Morgan fingerprint density at radius 1 is 1.19 bits per heavy atom. The molecule has 15 heteroatoms. The molecule has 1 fully saturated rings. The molecule has 1 saturated heterocycles. The maximum atomic E-state index is 14.1. The second kappa shape index (κ2) is 14.2. The Hall–Kier alpha value is -2.66. The van der Waals surface area contributed by atoms with Crippen LogP contribution in [0.5, 0.6) is 5.88 Å². The Bertz CT molecular complexity index is 1280. The SMILES string of the molecule is CC(C)c1[nH]nc(OC2OC(CO)C(F)C(O)C2O)c1Cc1ccc(CCCC(=O)NC(C)(C)COS(=O)(=O)O)cc1. The highest BCUT2D eigenvalue weighted by atomic mass is 32.3. The number of aliphatic hydroxyl groups is 3. The van der Waals surface area contributed by atoms with Crippen LogP contribution in [0.15, 0.2) is 24.3 Å². The number of carbonyl (C=O) groups excluding carboxylic acids is 1. The number of aliphatic hydroxyl groups excluding tert-OH is 3.